The minimum Gasteiger partial charge on any atom is -0.339 e. The van der Waals surface area contributed by atoms with E-state index in [0.29, 0.717) is 13.1 Å². The molecule has 0 atom stereocenters. The number of benzene rings is 1. The van der Waals surface area contributed by atoms with Crippen LogP contribution in [0.4, 0.5) is 4.39 Å². The highest BCUT2D eigenvalue weighted by molar-refractivity contribution is 5.95. The Labute approximate surface area is 102 Å². The van der Waals surface area contributed by atoms with Gasteiger partial charge in [-0.2, -0.15) is 0 Å². The lowest BCUT2D eigenvalue weighted by Crippen LogP contribution is -2.31. The number of amides is 1. The molecule has 0 saturated carbocycles. The van der Waals surface area contributed by atoms with Gasteiger partial charge in [-0.15, -0.1) is 0 Å². The third-order valence-electron chi connectivity index (χ3n) is 2.86. The van der Waals surface area contributed by atoms with Gasteiger partial charge in [0.15, 0.2) is 0 Å². The summed E-state index contributed by atoms with van der Waals surface area (Å²) >= 11 is 0. The van der Waals surface area contributed by atoms with E-state index in [9.17, 15) is 9.18 Å². The largest absolute Gasteiger partial charge is 0.339 e. The van der Waals surface area contributed by atoms with Crippen molar-refractivity contribution in [3.8, 4) is 0 Å². The zero-order valence-electron chi connectivity index (χ0n) is 10.6. The minimum absolute atomic E-state index is 0.120. The number of halogens is 1. The molecular weight excluding hydrogens is 217 g/mol. The van der Waals surface area contributed by atoms with Crippen molar-refractivity contribution in [3.05, 3.63) is 41.2 Å². The maximum absolute atomic E-state index is 13.8. The van der Waals surface area contributed by atoms with Gasteiger partial charge in [0.05, 0.1) is 5.56 Å². The normalized spacial score (nSPS) is 10.1. The molecule has 0 saturated heterocycles. The van der Waals surface area contributed by atoms with Crippen LogP contribution in [-0.2, 0) is 0 Å². The van der Waals surface area contributed by atoms with E-state index in [1.165, 1.54) is 6.07 Å². The van der Waals surface area contributed by atoms with Crippen molar-refractivity contribution >= 4 is 12.0 Å². The van der Waals surface area contributed by atoms with E-state index in [1.807, 2.05) is 13.8 Å². The van der Waals surface area contributed by atoms with Crippen LogP contribution in [0.25, 0.3) is 6.08 Å². The lowest BCUT2D eigenvalue weighted by molar-refractivity contribution is 0.0768. The quantitative estimate of drug-likeness (QED) is 0.784. The van der Waals surface area contributed by atoms with Gasteiger partial charge < -0.3 is 4.90 Å². The molecular formula is C14H18FNO. The molecule has 0 aliphatic carbocycles. The van der Waals surface area contributed by atoms with Crippen molar-refractivity contribution in [1.29, 1.82) is 0 Å². The predicted octanol–water partition coefficient (Wildman–Crippen LogP) is 3.26. The summed E-state index contributed by atoms with van der Waals surface area (Å²) in [5, 5.41) is 0. The third-order valence-corrected chi connectivity index (χ3v) is 2.86. The summed E-state index contributed by atoms with van der Waals surface area (Å²) in [6, 6.07) is 2.95. The van der Waals surface area contributed by atoms with E-state index in [2.05, 4.69) is 6.58 Å². The molecule has 1 rings (SSSR count). The number of aryl methyl sites for hydroxylation is 1. The van der Waals surface area contributed by atoms with Gasteiger partial charge in [-0.1, -0.05) is 12.7 Å². The average molecular weight is 235 g/mol. The molecule has 0 aliphatic heterocycles. The zero-order valence-corrected chi connectivity index (χ0v) is 10.6. The molecule has 0 bridgehead atoms. The molecule has 2 nitrogen and oxygen atoms in total. The molecule has 0 N–H and O–H groups in total. The molecule has 0 heterocycles. The first-order chi connectivity index (χ1) is 8.04. The SMILES string of the molecule is C=Cc1cc(C(=O)N(CC)CC)c(F)cc1C. The van der Waals surface area contributed by atoms with E-state index < -0.39 is 5.82 Å². The van der Waals surface area contributed by atoms with Gasteiger partial charge in [0.2, 0.25) is 0 Å². The van der Waals surface area contributed by atoms with Crippen LogP contribution in [0.3, 0.4) is 0 Å². The lowest BCUT2D eigenvalue weighted by Gasteiger charge is -2.19. The van der Waals surface area contributed by atoms with Gasteiger partial charge in [0.25, 0.3) is 5.91 Å². The molecule has 3 heteroatoms. The molecule has 0 aliphatic rings. The van der Waals surface area contributed by atoms with Crippen molar-refractivity contribution in [1.82, 2.24) is 4.90 Å². The Bertz CT molecular complexity index is 436. The third kappa shape index (κ3) is 2.73. The van der Waals surface area contributed by atoms with E-state index >= 15 is 0 Å². The summed E-state index contributed by atoms with van der Waals surface area (Å²) < 4.78 is 13.8. The fraction of sp³-hybridized carbons (Fsp3) is 0.357. The van der Waals surface area contributed by atoms with Crippen LogP contribution in [0, 0.1) is 12.7 Å². The van der Waals surface area contributed by atoms with Crippen LogP contribution in [0.2, 0.25) is 0 Å². The van der Waals surface area contributed by atoms with E-state index in [0.717, 1.165) is 11.1 Å². The second kappa shape index (κ2) is 5.62. The number of hydrogen-bond acceptors (Lipinski definition) is 1. The van der Waals surface area contributed by atoms with Crippen LogP contribution in [0.1, 0.15) is 35.3 Å². The monoisotopic (exact) mass is 235 g/mol. The van der Waals surface area contributed by atoms with Gasteiger partial charge in [0, 0.05) is 13.1 Å². The standard InChI is InChI=1S/C14H18FNO/c1-5-11-9-12(13(15)8-10(11)4)14(17)16(6-2)7-3/h5,8-9H,1,6-7H2,2-4H3. The Morgan fingerprint density at radius 3 is 2.47 bits per heavy atom. The number of carbonyl (C=O) groups excluding carboxylic acids is 1. The van der Waals surface area contributed by atoms with Crippen molar-refractivity contribution < 1.29 is 9.18 Å². The summed E-state index contributed by atoms with van der Waals surface area (Å²) in [4.78, 5) is 13.7. The fourth-order valence-electron chi connectivity index (χ4n) is 1.75. The average Bonchev–Trinajstić information content (AvgIpc) is 2.30. The smallest absolute Gasteiger partial charge is 0.256 e. The van der Waals surface area contributed by atoms with Crippen molar-refractivity contribution in [3.63, 3.8) is 0 Å². The maximum atomic E-state index is 13.8. The van der Waals surface area contributed by atoms with Crippen LogP contribution < -0.4 is 0 Å². The van der Waals surface area contributed by atoms with Crippen LogP contribution in [0.5, 0.6) is 0 Å². The number of hydrogen-bond donors (Lipinski definition) is 0. The highest BCUT2D eigenvalue weighted by atomic mass is 19.1. The Hall–Kier alpha value is -1.64. The Kier molecular flexibility index (Phi) is 4.44. The highest BCUT2D eigenvalue weighted by Gasteiger charge is 2.17. The first-order valence-corrected chi connectivity index (χ1v) is 5.77. The molecule has 1 aromatic rings. The Balaban J connectivity index is 3.21. The van der Waals surface area contributed by atoms with Gasteiger partial charge in [-0.3, -0.25) is 4.79 Å². The molecule has 17 heavy (non-hydrogen) atoms. The molecule has 0 unspecified atom stereocenters. The highest BCUT2D eigenvalue weighted by Crippen LogP contribution is 2.18. The predicted molar refractivity (Wildman–Crippen MR) is 68.5 cm³/mol. The van der Waals surface area contributed by atoms with Crippen molar-refractivity contribution in [2.45, 2.75) is 20.8 Å². The number of nitrogens with zero attached hydrogens (tertiary/aromatic N) is 1. The number of rotatable bonds is 4. The molecule has 0 aromatic heterocycles. The second-order valence-electron chi connectivity index (χ2n) is 3.87. The molecule has 92 valence electrons. The van der Waals surface area contributed by atoms with E-state index in [1.54, 1.807) is 24.0 Å². The summed E-state index contributed by atoms with van der Waals surface area (Å²) in [6.45, 7) is 10.4. The maximum Gasteiger partial charge on any atom is 0.256 e. The van der Waals surface area contributed by atoms with Gasteiger partial charge in [-0.25, -0.2) is 4.39 Å². The molecule has 0 spiro atoms. The van der Waals surface area contributed by atoms with Gasteiger partial charge in [0.1, 0.15) is 5.82 Å². The molecule has 0 fully saturated rings. The van der Waals surface area contributed by atoms with Crippen LogP contribution in [-0.4, -0.2) is 23.9 Å². The number of carbonyl (C=O) groups is 1. The van der Waals surface area contributed by atoms with Crippen molar-refractivity contribution in [2.75, 3.05) is 13.1 Å². The fourth-order valence-corrected chi connectivity index (χ4v) is 1.75. The van der Waals surface area contributed by atoms with Gasteiger partial charge in [-0.05, 0) is 44.0 Å². The van der Waals surface area contributed by atoms with E-state index in [-0.39, 0.29) is 11.5 Å². The molecule has 0 radical (unpaired) electrons. The minimum atomic E-state index is -0.468. The van der Waals surface area contributed by atoms with Gasteiger partial charge >= 0.3 is 0 Å². The Morgan fingerprint density at radius 2 is 2.00 bits per heavy atom. The first-order valence-electron chi connectivity index (χ1n) is 5.77. The summed E-state index contributed by atoms with van der Waals surface area (Å²) in [5.74, 6) is -0.736. The molecule has 1 aromatic carbocycles. The lowest BCUT2D eigenvalue weighted by atomic mass is 10.0. The van der Waals surface area contributed by atoms with E-state index in [4.69, 9.17) is 0 Å². The second-order valence-corrected chi connectivity index (χ2v) is 3.87. The first kappa shape index (κ1) is 13.4. The zero-order chi connectivity index (χ0) is 13.0. The summed E-state index contributed by atoms with van der Waals surface area (Å²) in [6.07, 6.45) is 1.63. The summed E-state index contributed by atoms with van der Waals surface area (Å²) in [5.41, 5.74) is 1.70. The summed E-state index contributed by atoms with van der Waals surface area (Å²) in [7, 11) is 0. The van der Waals surface area contributed by atoms with Crippen molar-refractivity contribution in [2.24, 2.45) is 0 Å². The van der Waals surface area contributed by atoms with Crippen LogP contribution >= 0.6 is 0 Å². The Morgan fingerprint density at radius 1 is 1.41 bits per heavy atom. The molecule has 1 amide bonds. The van der Waals surface area contributed by atoms with Crippen LogP contribution in [0.15, 0.2) is 18.7 Å². The topological polar surface area (TPSA) is 20.3 Å².